The Bertz CT molecular complexity index is 1640. The van der Waals surface area contributed by atoms with Gasteiger partial charge in [0.25, 0.3) is 16.0 Å². The maximum Gasteiger partial charge on any atom is 0.294 e. The first-order chi connectivity index (χ1) is 19.0. The highest BCUT2D eigenvalue weighted by Gasteiger charge is 2.37. The van der Waals surface area contributed by atoms with E-state index in [1.807, 2.05) is 0 Å². The Morgan fingerprint density at radius 2 is 1.90 bits per heavy atom. The highest BCUT2D eigenvalue weighted by molar-refractivity contribution is 7.85. The lowest BCUT2D eigenvalue weighted by Gasteiger charge is -2.23. The third-order valence-corrected chi connectivity index (χ3v) is 7.90. The number of halogens is 2. The zero-order valence-electron chi connectivity index (χ0n) is 21.1. The number of anilines is 2. The largest absolute Gasteiger partial charge is 0.352 e. The van der Waals surface area contributed by atoms with Crippen LogP contribution in [0.1, 0.15) is 40.9 Å². The van der Waals surface area contributed by atoms with Gasteiger partial charge >= 0.3 is 0 Å². The summed E-state index contributed by atoms with van der Waals surface area (Å²) in [5, 5.41) is 12.2. The molecule has 1 aromatic carbocycles. The van der Waals surface area contributed by atoms with E-state index in [0.717, 1.165) is 25.0 Å². The van der Waals surface area contributed by atoms with Gasteiger partial charge in [-0.05, 0) is 67.6 Å². The molecule has 1 aliphatic carbocycles. The zero-order chi connectivity index (χ0) is 28.6. The van der Waals surface area contributed by atoms with Crippen LogP contribution in [0.25, 0.3) is 0 Å². The molecular weight excluding hydrogens is 579 g/mol. The first-order valence-corrected chi connectivity index (χ1v) is 14.5. The highest BCUT2D eigenvalue weighted by Crippen LogP contribution is 2.33. The number of pyridine rings is 2. The van der Waals surface area contributed by atoms with Crippen LogP contribution < -0.4 is 15.6 Å². The smallest absolute Gasteiger partial charge is 0.294 e. The summed E-state index contributed by atoms with van der Waals surface area (Å²) in [6.07, 6.45) is 4.84. The number of nitrogens with zero attached hydrogens (tertiary/aromatic N) is 4. The van der Waals surface area contributed by atoms with Crippen LogP contribution in [0.5, 0.6) is 0 Å². The Morgan fingerprint density at radius 3 is 2.60 bits per heavy atom. The minimum absolute atomic E-state index is 0.00346. The van der Waals surface area contributed by atoms with Crippen LogP contribution in [-0.4, -0.2) is 53.1 Å². The predicted octanol–water partition coefficient (Wildman–Crippen LogP) is 4.10. The molecule has 2 amide bonds. The van der Waals surface area contributed by atoms with Crippen LogP contribution >= 0.6 is 23.2 Å². The normalized spacial score (nSPS) is 16.9. The number of carbonyl (C=O) groups is 2. The van der Waals surface area contributed by atoms with Crippen LogP contribution in [0.3, 0.4) is 0 Å². The van der Waals surface area contributed by atoms with Gasteiger partial charge < -0.3 is 10.6 Å². The summed E-state index contributed by atoms with van der Waals surface area (Å²) in [4.78, 5) is 34.9. The van der Waals surface area contributed by atoms with Crippen molar-refractivity contribution in [3.05, 3.63) is 75.7 Å². The third kappa shape index (κ3) is 6.09. The molecule has 0 spiro atoms. The van der Waals surface area contributed by atoms with Gasteiger partial charge in [0.2, 0.25) is 5.91 Å². The molecule has 3 aromatic rings. The second-order valence-electron chi connectivity index (χ2n) is 9.56. The zero-order valence-corrected chi connectivity index (χ0v) is 23.5. The van der Waals surface area contributed by atoms with Crippen molar-refractivity contribution in [1.29, 1.82) is 0 Å². The van der Waals surface area contributed by atoms with E-state index >= 15 is 0 Å². The Labute approximate surface area is 240 Å². The molecular formula is C26H24Cl2N6O5S. The number of hydrogen-bond donors (Lipinski definition) is 3. The van der Waals surface area contributed by atoms with E-state index < -0.39 is 22.1 Å². The van der Waals surface area contributed by atoms with Gasteiger partial charge in [-0.25, -0.2) is 9.99 Å². The SMILES string of the molecule is Cc1cc(Cl)cc(C(=O)NCC2CC2)c1NC(=O)C1CC(c2cc(S(=O)(=O)O)ccn2)=NN1c1ncccc1Cl. The number of hydrogen-bond acceptors (Lipinski definition) is 8. The lowest BCUT2D eigenvalue weighted by Crippen LogP contribution is -2.40. The lowest BCUT2D eigenvalue weighted by atomic mass is 10.0. The molecule has 0 radical (unpaired) electrons. The summed E-state index contributed by atoms with van der Waals surface area (Å²) in [5.74, 6) is -0.221. The average molecular weight is 603 g/mol. The molecule has 1 atom stereocenters. The maximum absolute atomic E-state index is 13.8. The van der Waals surface area contributed by atoms with E-state index in [2.05, 4.69) is 25.7 Å². The second kappa shape index (κ2) is 11.1. The first kappa shape index (κ1) is 28.0. The summed E-state index contributed by atoms with van der Waals surface area (Å²) >= 11 is 12.6. The van der Waals surface area contributed by atoms with Crippen LogP contribution in [0.4, 0.5) is 11.5 Å². The quantitative estimate of drug-likeness (QED) is 0.325. The number of aryl methyl sites for hydroxylation is 1. The maximum atomic E-state index is 13.8. The number of nitrogens with one attached hydrogen (secondary N) is 2. The van der Waals surface area contributed by atoms with Crippen LogP contribution in [0, 0.1) is 12.8 Å². The molecule has 1 saturated carbocycles. The molecule has 0 saturated heterocycles. The van der Waals surface area contributed by atoms with Gasteiger partial charge in [0.15, 0.2) is 5.82 Å². The van der Waals surface area contributed by atoms with Crippen molar-refractivity contribution in [2.75, 3.05) is 16.9 Å². The van der Waals surface area contributed by atoms with Crippen molar-refractivity contribution in [2.45, 2.75) is 37.1 Å². The highest BCUT2D eigenvalue weighted by atomic mass is 35.5. The Kier molecular flexibility index (Phi) is 7.78. The van der Waals surface area contributed by atoms with Crippen molar-refractivity contribution >= 4 is 62.4 Å². The second-order valence-corrected chi connectivity index (χ2v) is 11.8. The minimum atomic E-state index is -4.50. The van der Waals surface area contributed by atoms with Crippen LogP contribution in [0.15, 0.2) is 58.8 Å². The summed E-state index contributed by atoms with van der Waals surface area (Å²) in [7, 11) is -4.50. The van der Waals surface area contributed by atoms with E-state index in [9.17, 15) is 22.6 Å². The Morgan fingerprint density at radius 1 is 1.12 bits per heavy atom. The van der Waals surface area contributed by atoms with Crippen molar-refractivity contribution in [2.24, 2.45) is 11.0 Å². The fourth-order valence-electron chi connectivity index (χ4n) is 4.29. The topological polar surface area (TPSA) is 154 Å². The van der Waals surface area contributed by atoms with Crippen molar-refractivity contribution in [3.8, 4) is 0 Å². The Balaban J connectivity index is 1.48. The molecule has 1 fully saturated rings. The average Bonchev–Trinajstić information content (AvgIpc) is 3.64. The van der Waals surface area contributed by atoms with E-state index in [0.29, 0.717) is 28.7 Å². The number of aromatic nitrogens is 2. The first-order valence-electron chi connectivity index (χ1n) is 12.3. The molecule has 208 valence electrons. The van der Waals surface area contributed by atoms with Crippen molar-refractivity contribution in [1.82, 2.24) is 15.3 Å². The van der Waals surface area contributed by atoms with Gasteiger partial charge in [-0.15, -0.1) is 0 Å². The standard InChI is InChI=1S/C26H24Cl2N6O5S/c1-14-9-16(27)10-18(25(35)31-13-15-4-5-15)23(14)32-26(36)22-12-21(20-11-17(6-8-29-20)40(37,38)39)33-34(22)24-19(28)3-2-7-30-24/h2-3,6-11,15,22H,4-5,12-13H2,1H3,(H,31,35)(H,32,36)(H,37,38,39). The molecule has 1 aliphatic heterocycles. The summed E-state index contributed by atoms with van der Waals surface area (Å²) in [5.41, 5.74) is 1.52. The molecule has 0 bridgehead atoms. The number of benzene rings is 1. The number of amides is 2. The van der Waals surface area contributed by atoms with Gasteiger partial charge in [0.1, 0.15) is 6.04 Å². The molecule has 1 unspecified atom stereocenters. The third-order valence-electron chi connectivity index (χ3n) is 6.54. The molecule has 3 N–H and O–H groups in total. The van der Waals surface area contributed by atoms with E-state index in [1.165, 1.54) is 23.5 Å². The van der Waals surface area contributed by atoms with E-state index in [1.54, 1.807) is 25.1 Å². The van der Waals surface area contributed by atoms with Crippen LogP contribution in [0.2, 0.25) is 10.0 Å². The minimum Gasteiger partial charge on any atom is -0.352 e. The fraction of sp³-hybridized carbons (Fsp3) is 0.269. The number of hydrazone groups is 1. The van der Waals surface area contributed by atoms with Gasteiger partial charge in [-0.1, -0.05) is 23.2 Å². The molecule has 14 heteroatoms. The van der Waals surface area contributed by atoms with Gasteiger partial charge in [0.05, 0.1) is 32.6 Å². The van der Waals surface area contributed by atoms with E-state index in [-0.39, 0.29) is 45.0 Å². The summed E-state index contributed by atoms with van der Waals surface area (Å²) < 4.78 is 32.8. The predicted molar refractivity (Wildman–Crippen MR) is 151 cm³/mol. The van der Waals surface area contributed by atoms with Crippen molar-refractivity contribution < 1.29 is 22.6 Å². The van der Waals surface area contributed by atoms with Gasteiger partial charge in [-0.3, -0.25) is 19.1 Å². The number of carbonyl (C=O) groups excluding carboxylic acids is 2. The van der Waals surface area contributed by atoms with E-state index in [4.69, 9.17) is 23.2 Å². The van der Waals surface area contributed by atoms with Gasteiger partial charge in [0, 0.05) is 30.4 Å². The monoisotopic (exact) mass is 602 g/mol. The fourth-order valence-corrected chi connectivity index (χ4v) is 5.26. The summed E-state index contributed by atoms with van der Waals surface area (Å²) in [6.45, 7) is 2.27. The number of rotatable bonds is 8. The summed E-state index contributed by atoms with van der Waals surface area (Å²) in [6, 6.07) is 7.68. The van der Waals surface area contributed by atoms with Crippen molar-refractivity contribution in [3.63, 3.8) is 0 Å². The molecule has 2 aliphatic rings. The molecule has 40 heavy (non-hydrogen) atoms. The van der Waals surface area contributed by atoms with Gasteiger partial charge in [-0.2, -0.15) is 13.5 Å². The Hall–Kier alpha value is -3.58. The van der Waals surface area contributed by atoms with Crippen LogP contribution in [-0.2, 0) is 14.9 Å². The molecule has 3 heterocycles. The lowest BCUT2D eigenvalue weighted by molar-refractivity contribution is -0.117. The molecule has 11 nitrogen and oxygen atoms in total. The molecule has 5 rings (SSSR count). The molecule has 2 aromatic heterocycles.